The first-order valence-corrected chi connectivity index (χ1v) is 8.78. The standard InChI is InChI=1S/C18H18N4O2S/c23-18(21-10-9-20-17-3-1-2-8-19-17)14-4-6-16(7-5-14)24-11-15-12-25-13-22-15/h1-8,12-13H,9-11H2,(H,19,20)(H,21,23). The van der Waals surface area contributed by atoms with Gasteiger partial charge in [-0.1, -0.05) is 6.07 Å². The number of anilines is 1. The molecule has 25 heavy (non-hydrogen) atoms. The monoisotopic (exact) mass is 354 g/mol. The van der Waals surface area contributed by atoms with Crippen molar-refractivity contribution in [3.63, 3.8) is 0 Å². The molecule has 2 N–H and O–H groups in total. The molecule has 0 saturated heterocycles. The summed E-state index contributed by atoms with van der Waals surface area (Å²) in [5, 5.41) is 7.95. The molecule has 0 aliphatic heterocycles. The van der Waals surface area contributed by atoms with E-state index in [0.29, 0.717) is 31.0 Å². The number of pyridine rings is 1. The Morgan fingerprint density at radius 3 is 2.68 bits per heavy atom. The molecule has 0 bridgehead atoms. The normalized spacial score (nSPS) is 10.2. The smallest absolute Gasteiger partial charge is 0.251 e. The highest BCUT2D eigenvalue weighted by Gasteiger charge is 2.05. The zero-order valence-corrected chi connectivity index (χ0v) is 14.3. The minimum Gasteiger partial charge on any atom is -0.487 e. The fraction of sp³-hybridized carbons (Fsp3) is 0.167. The Balaban J connectivity index is 1.41. The second-order valence-electron chi connectivity index (χ2n) is 5.19. The summed E-state index contributed by atoms with van der Waals surface area (Å²) in [5.74, 6) is 1.38. The van der Waals surface area contributed by atoms with Crippen molar-refractivity contribution in [1.82, 2.24) is 15.3 Å². The molecular weight excluding hydrogens is 336 g/mol. The molecule has 6 nitrogen and oxygen atoms in total. The Labute approximate surface area is 149 Å². The third-order valence-corrected chi connectivity index (χ3v) is 4.00. The lowest BCUT2D eigenvalue weighted by Gasteiger charge is -2.08. The van der Waals surface area contributed by atoms with Crippen molar-refractivity contribution >= 4 is 23.1 Å². The first-order valence-electron chi connectivity index (χ1n) is 7.84. The van der Waals surface area contributed by atoms with E-state index in [4.69, 9.17) is 4.74 Å². The second kappa shape index (κ2) is 8.79. The van der Waals surface area contributed by atoms with Gasteiger partial charge in [0.15, 0.2) is 0 Å². The van der Waals surface area contributed by atoms with Crippen molar-refractivity contribution in [2.75, 3.05) is 18.4 Å². The number of thiazole rings is 1. The van der Waals surface area contributed by atoms with Crippen molar-refractivity contribution in [1.29, 1.82) is 0 Å². The van der Waals surface area contributed by atoms with Gasteiger partial charge in [-0.3, -0.25) is 4.79 Å². The van der Waals surface area contributed by atoms with Gasteiger partial charge in [0.2, 0.25) is 0 Å². The van der Waals surface area contributed by atoms with Crippen LogP contribution in [-0.4, -0.2) is 29.0 Å². The molecule has 0 unspecified atom stereocenters. The number of carbonyl (C=O) groups excluding carboxylic acids is 1. The molecule has 1 aromatic carbocycles. The van der Waals surface area contributed by atoms with Gasteiger partial charge in [-0.2, -0.15) is 0 Å². The summed E-state index contributed by atoms with van der Waals surface area (Å²) in [7, 11) is 0. The molecule has 1 amide bonds. The highest BCUT2D eigenvalue weighted by molar-refractivity contribution is 7.07. The van der Waals surface area contributed by atoms with Crippen LogP contribution in [0.15, 0.2) is 59.6 Å². The van der Waals surface area contributed by atoms with Gasteiger partial charge < -0.3 is 15.4 Å². The predicted molar refractivity (Wildman–Crippen MR) is 97.9 cm³/mol. The van der Waals surface area contributed by atoms with E-state index in [1.807, 2.05) is 23.6 Å². The van der Waals surface area contributed by atoms with Crippen LogP contribution < -0.4 is 15.4 Å². The van der Waals surface area contributed by atoms with Crippen molar-refractivity contribution in [3.05, 3.63) is 70.8 Å². The van der Waals surface area contributed by atoms with Crippen LogP contribution in [0.3, 0.4) is 0 Å². The summed E-state index contributed by atoms with van der Waals surface area (Å²) in [4.78, 5) is 20.4. The van der Waals surface area contributed by atoms with Crippen LogP contribution in [0.2, 0.25) is 0 Å². The van der Waals surface area contributed by atoms with Gasteiger partial charge in [0.25, 0.3) is 5.91 Å². The molecule has 7 heteroatoms. The number of nitrogens with zero attached hydrogens (tertiary/aromatic N) is 2. The number of amides is 1. The first-order chi connectivity index (χ1) is 12.3. The SMILES string of the molecule is O=C(NCCNc1ccccn1)c1ccc(OCc2cscn2)cc1. The Morgan fingerprint density at radius 1 is 1.08 bits per heavy atom. The number of rotatable bonds is 8. The number of aromatic nitrogens is 2. The Kier molecular flexibility index (Phi) is 5.95. The van der Waals surface area contributed by atoms with Gasteiger partial charge in [0, 0.05) is 30.2 Å². The van der Waals surface area contributed by atoms with E-state index in [1.165, 1.54) is 11.3 Å². The van der Waals surface area contributed by atoms with E-state index in [2.05, 4.69) is 20.6 Å². The number of hydrogen-bond donors (Lipinski definition) is 2. The Morgan fingerprint density at radius 2 is 1.96 bits per heavy atom. The highest BCUT2D eigenvalue weighted by Crippen LogP contribution is 2.14. The molecule has 2 aromatic heterocycles. The Bertz CT molecular complexity index is 777. The van der Waals surface area contributed by atoms with Crippen LogP contribution in [0.4, 0.5) is 5.82 Å². The maximum absolute atomic E-state index is 12.1. The summed E-state index contributed by atoms with van der Waals surface area (Å²) in [5.41, 5.74) is 3.26. The van der Waals surface area contributed by atoms with Crippen molar-refractivity contribution in [3.8, 4) is 5.75 Å². The summed E-state index contributed by atoms with van der Waals surface area (Å²) < 4.78 is 5.63. The van der Waals surface area contributed by atoms with Gasteiger partial charge in [0.05, 0.1) is 11.2 Å². The van der Waals surface area contributed by atoms with Crippen LogP contribution in [0, 0.1) is 0 Å². The van der Waals surface area contributed by atoms with Crippen LogP contribution >= 0.6 is 11.3 Å². The van der Waals surface area contributed by atoms with Gasteiger partial charge in [-0.25, -0.2) is 9.97 Å². The fourth-order valence-electron chi connectivity index (χ4n) is 2.10. The van der Waals surface area contributed by atoms with Gasteiger partial charge in [-0.15, -0.1) is 11.3 Å². The molecule has 3 rings (SSSR count). The van der Waals surface area contributed by atoms with E-state index in [9.17, 15) is 4.79 Å². The molecule has 0 aliphatic carbocycles. The minimum absolute atomic E-state index is 0.117. The lowest BCUT2D eigenvalue weighted by molar-refractivity contribution is 0.0955. The maximum Gasteiger partial charge on any atom is 0.251 e. The average molecular weight is 354 g/mol. The average Bonchev–Trinajstić information content (AvgIpc) is 3.18. The fourth-order valence-corrected chi connectivity index (χ4v) is 2.65. The molecule has 3 aromatic rings. The summed E-state index contributed by atoms with van der Waals surface area (Å²) in [6, 6.07) is 12.7. The molecule has 0 radical (unpaired) electrons. The molecule has 2 heterocycles. The summed E-state index contributed by atoms with van der Waals surface area (Å²) in [6.45, 7) is 1.54. The third-order valence-electron chi connectivity index (χ3n) is 3.37. The van der Waals surface area contributed by atoms with Gasteiger partial charge >= 0.3 is 0 Å². The minimum atomic E-state index is -0.117. The molecule has 0 fully saturated rings. The lowest BCUT2D eigenvalue weighted by Crippen LogP contribution is -2.28. The quantitative estimate of drug-likeness (QED) is 0.608. The first kappa shape index (κ1) is 16.9. The summed E-state index contributed by atoms with van der Waals surface area (Å²) in [6.07, 6.45) is 1.72. The van der Waals surface area contributed by atoms with Gasteiger partial charge in [-0.05, 0) is 36.4 Å². The van der Waals surface area contributed by atoms with E-state index in [-0.39, 0.29) is 5.91 Å². The molecular formula is C18H18N4O2S. The lowest BCUT2D eigenvalue weighted by atomic mass is 10.2. The van der Waals surface area contributed by atoms with E-state index in [0.717, 1.165) is 11.5 Å². The number of nitrogens with one attached hydrogen (secondary N) is 2. The largest absolute Gasteiger partial charge is 0.487 e. The second-order valence-corrected chi connectivity index (χ2v) is 5.91. The molecule has 0 aliphatic rings. The van der Waals surface area contributed by atoms with Crippen LogP contribution in [-0.2, 0) is 6.61 Å². The topological polar surface area (TPSA) is 76.1 Å². The zero-order chi connectivity index (χ0) is 17.3. The Hall–Kier alpha value is -2.93. The van der Waals surface area contributed by atoms with Crippen molar-refractivity contribution in [2.24, 2.45) is 0 Å². The molecule has 0 spiro atoms. The van der Waals surface area contributed by atoms with Crippen LogP contribution in [0.5, 0.6) is 5.75 Å². The molecule has 128 valence electrons. The van der Waals surface area contributed by atoms with E-state index >= 15 is 0 Å². The van der Waals surface area contributed by atoms with Crippen molar-refractivity contribution in [2.45, 2.75) is 6.61 Å². The highest BCUT2D eigenvalue weighted by atomic mass is 32.1. The van der Waals surface area contributed by atoms with E-state index in [1.54, 1.807) is 36.0 Å². The van der Waals surface area contributed by atoms with Crippen LogP contribution in [0.1, 0.15) is 16.1 Å². The molecule has 0 atom stereocenters. The maximum atomic E-state index is 12.1. The van der Waals surface area contributed by atoms with Crippen LogP contribution in [0.25, 0.3) is 0 Å². The number of benzene rings is 1. The van der Waals surface area contributed by atoms with Gasteiger partial charge in [0.1, 0.15) is 18.2 Å². The summed E-state index contributed by atoms with van der Waals surface area (Å²) >= 11 is 1.54. The zero-order valence-electron chi connectivity index (χ0n) is 13.5. The van der Waals surface area contributed by atoms with E-state index < -0.39 is 0 Å². The van der Waals surface area contributed by atoms with Crippen molar-refractivity contribution < 1.29 is 9.53 Å². The number of ether oxygens (including phenoxy) is 1. The third kappa shape index (κ3) is 5.29. The predicted octanol–water partition coefficient (Wildman–Crippen LogP) is 2.96. The number of hydrogen-bond acceptors (Lipinski definition) is 6. The molecule has 0 saturated carbocycles. The number of carbonyl (C=O) groups is 1.